The molecule has 5 nitrogen and oxygen atoms in total. The maximum atomic E-state index is 12.2. The van der Waals surface area contributed by atoms with Crippen LogP contribution in [0.4, 0.5) is 0 Å². The monoisotopic (exact) mass is 313 g/mol. The summed E-state index contributed by atoms with van der Waals surface area (Å²) >= 11 is 1.44. The maximum Gasteiger partial charge on any atom is 0.275 e. The molecule has 1 atom stereocenters. The molecule has 2 aromatic rings. The second-order valence-corrected chi connectivity index (χ2v) is 10.9. The Balaban J connectivity index is 1.71. The lowest BCUT2D eigenvalue weighted by atomic mass is 10.2. The van der Waals surface area contributed by atoms with Gasteiger partial charge in [-0.3, -0.25) is 4.79 Å². The standard InChI is InChI=1S/C13H19N3O2S2/c1-18-13-16-11-10(19-13)6-9(15-11)12(17)14-8-4-5-20(2,3)7-8/h6,8,15H,4-5,7H2,1-3H3,(H,14,17). The number of carbonyl (C=O) groups excluding carboxylic acids is 1. The van der Waals surface area contributed by atoms with Crippen molar-refractivity contribution < 1.29 is 9.53 Å². The zero-order valence-electron chi connectivity index (χ0n) is 11.9. The highest BCUT2D eigenvalue weighted by molar-refractivity contribution is 8.32. The number of hydrogen-bond donors (Lipinski definition) is 2. The Bertz CT molecular complexity index is 616. The molecule has 0 spiro atoms. The Morgan fingerprint density at radius 2 is 2.40 bits per heavy atom. The van der Waals surface area contributed by atoms with E-state index in [1.165, 1.54) is 17.1 Å². The molecule has 3 rings (SSSR count). The van der Waals surface area contributed by atoms with Gasteiger partial charge in [-0.15, -0.1) is 0 Å². The zero-order valence-corrected chi connectivity index (χ0v) is 13.5. The Hall–Kier alpha value is -1.21. The number of nitrogens with zero attached hydrogens (tertiary/aromatic N) is 1. The first kappa shape index (κ1) is 13.8. The van der Waals surface area contributed by atoms with Gasteiger partial charge >= 0.3 is 0 Å². The zero-order chi connectivity index (χ0) is 14.3. The first-order chi connectivity index (χ1) is 9.47. The van der Waals surface area contributed by atoms with Gasteiger partial charge in [0.1, 0.15) is 5.69 Å². The lowest BCUT2D eigenvalue weighted by Gasteiger charge is -2.24. The number of aromatic nitrogens is 2. The van der Waals surface area contributed by atoms with Crippen LogP contribution in [0.1, 0.15) is 16.9 Å². The molecule has 0 saturated carbocycles. The number of carbonyl (C=O) groups is 1. The molecule has 1 aliphatic rings. The highest BCUT2D eigenvalue weighted by atomic mass is 32.3. The first-order valence-electron chi connectivity index (χ1n) is 6.50. The van der Waals surface area contributed by atoms with Gasteiger partial charge in [-0.25, -0.2) is 10.0 Å². The molecule has 110 valence electrons. The van der Waals surface area contributed by atoms with E-state index in [-0.39, 0.29) is 5.91 Å². The van der Waals surface area contributed by atoms with E-state index in [0.29, 0.717) is 16.9 Å². The molecule has 1 saturated heterocycles. The third-order valence-corrected chi connectivity index (χ3v) is 7.20. The van der Waals surface area contributed by atoms with Gasteiger partial charge in [0.25, 0.3) is 11.1 Å². The molecule has 2 aromatic heterocycles. The van der Waals surface area contributed by atoms with E-state index in [2.05, 4.69) is 27.8 Å². The summed E-state index contributed by atoms with van der Waals surface area (Å²) in [5.41, 5.74) is 1.30. The summed E-state index contributed by atoms with van der Waals surface area (Å²) in [6, 6.07) is 2.16. The summed E-state index contributed by atoms with van der Waals surface area (Å²) in [6.45, 7) is 0. The van der Waals surface area contributed by atoms with Crippen LogP contribution in [-0.2, 0) is 0 Å². The maximum absolute atomic E-state index is 12.2. The second kappa shape index (κ2) is 4.96. The molecular weight excluding hydrogens is 294 g/mol. The van der Waals surface area contributed by atoms with Gasteiger partial charge in [0.15, 0.2) is 5.65 Å². The quantitative estimate of drug-likeness (QED) is 0.913. The van der Waals surface area contributed by atoms with Crippen molar-refractivity contribution in [1.82, 2.24) is 15.3 Å². The minimum Gasteiger partial charge on any atom is -0.473 e. The van der Waals surface area contributed by atoms with Crippen molar-refractivity contribution in [2.45, 2.75) is 12.5 Å². The van der Waals surface area contributed by atoms with Crippen molar-refractivity contribution in [2.24, 2.45) is 0 Å². The molecule has 1 amide bonds. The van der Waals surface area contributed by atoms with E-state index < -0.39 is 10.0 Å². The molecule has 1 aliphatic heterocycles. The van der Waals surface area contributed by atoms with Crippen molar-refractivity contribution in [1.29, 1.82) is 0 Å². The average Bonchev–Trinajstić information content (AvgIpc) is 3.01. The number of rotatable bonds is 3. The van der Waals surface area contributed by atoms with Crippen molar-refractivity contribution in [3.63, 3.8) is 0 Å². The number of aromatic amines is 1. The Morgan fingerprint density at radius 3 is 3.00 bits per heavy atom. The Kier molecular flexibility index (Phi) is 3.41. The predicted octanol–water partition coefficient (Wildman–Crippen LogP) is 2.20. The van der Waals surface area contributed by atoms with Crippen molar-refractivity contribution in [3.8, 4) is 5.19 Å². The smallest absolute Gasteiger partial charge is 0.275 e. The predicted molar refractivity (Wildman–Crippen MR) is 85.6 cm³/mol. The summed E-state index contributed by atoms with van der Waals surface area (Å²) in [4.78, 5) is 19.6. The fraction of sp³-hybridized carbons (Fsp3) is 0.538. The van der Waals surface area contributed by atoms with Crippen LogP contribution in [0.3, 0.4) is 0 Å². The van der Waals surface area contributed by atoms with E-state index in [1.54, 1.807) is 7.11 Å². The summed E-state index contributed by atoms with van der Waals surface area (Å²) in [6.07, 6.45) is 5.76. The molecule has 1 fully saturated rings. The van der Waals surface area contributed by atoms with Crippen molar-refractivity contribution >= 4 is 37.6 Å². The highest BCUT2D eigenvalue weighted by Crippen LogP contribution is 2.46. The number of methoxy groups -OCH3 is 1. The average molecular weight is 313 g/mol. The summed E-state index contributed by atoms with van der Waals surface area (Å²) in [5, 5.41) is 3.74. The van der Waals surface area contributed by atoms with Crippen LogP contribution in [0.2, 0.25) is 0 Å². The molecule has 0 bridgehead atoms. The van der Waals surface area contributed by atoms with Crippen LogP contribution in [0, 0.1) is 0 Å². The van der Waals surface area contributed by atoms with Crippen molar-refractivity contribution in [3.05, 3.63) is 11.8 Å². The molecule has 7 heteroatoms. The fourth-order valence-electron chi connectivity index (χ4n) is 2.55. The molecular formula is C13H19N3O2S2. The number of fused-ring (bicyclic) bond motifs is 1. The fourth-order valence-corrected chi connectivity index (χ4v) is 5.76. The van der Waals surface area contributed by atoms with Crippen LogP contribution in [0.15, 0.2) is 6.07 Å². The SMILES string of the molecule is COc1nc2[nH]c(C(=O)NC3CCS(C)(C)C3)cc2s1. The van der Waals surface area contributed by atoms with Gasteiger partial charge in [-0.1, -0.05) is 11.3 Å². The first-order valence-corrected chi connectivity index (χ1v) is 10.1. The van der Waals surface area contributed by atoms with Gasteiger partial charge in [0, 0.05) is 6.04 Å². The van der Waals surface area contributed by atoms with Gasteiger partial charge < -0.3 is 15.0 Å². The third kappa shape index (κ3) is 2.64. The van der Waals surface area contributed by atoms with Gasteiger partial charge in [0.05, 0.1) is 11.8 Å². The second-order valence-electron chi connectivity index (χ2n) is 5.68. The Morgan fingerprint density at radius 1 is 1.60 bits per heavy atom. The highest BCUT2D eigenvalue weighted by Gasteiger charge is 2.28. The largest absolute Gasteiger partial charge is 0.473 e. The minimum atomic E-state index is -0.498. The lowest BCUT2D eigenvalue weighted by Crippen LogP contribution is -2.35. The number of nitrogens with one attached hydrogen (secondary N) is 2. The lowest BCUT2D eigenvalue weighted by molar-refractivity contribution is 0.0937. The van der Waals surface area contributed by atoms with E-state index in [9.17, 15) is 4.79 Å². The number of H-pyrrole nitrogens is 1. The van der Waals surface area contributed by atoms with E-state index in [1.807, 2.05) is 6.07 Å². The third-order valence-electron chi connectivity index (χ3n) is 3.59. The van der Waals surface area contributed by atoms with Gasteiger partial charge in [-0.2, -0.15) is 4.98 Å². The topological polar surface area (TPSA) is 67.0 Å². The number of thiazole rings is 1. The molecule has 3 heterocycles. The van der Waals surface area contributed by atoms with E-state index >= 15 is 0 Å². The van der Waals surface area contributed by atoms with Gasteiger partial charge in [-0.05, 0) is 36.5 Å². The Labute approximate surface area is 123 Å². The van der Waals surface area contributed by atoms with Crippen LogP contribution >= 0.6 is 21.4 Å². The summed E-state index contributed by atoms with van der Waals surface area (Å²) in [5.74, 6) is 2.34. The molecule has 2 N–H and O–H groups in total. The van der Waals surface area contributed by atoms with Crippen LogP contribution in [-0.4, -0.2) is 53.0 Å². The normalized spacial score (nSPS) is 22.9. The summed E-state index contributed by atoms with van der Waals surface area (Å²) in [7, 11) is 1.09. The van der Waals surface area contributed by atoms with Gasteiger partial charge in [0.2, 0.25) is 0 Å². The van der Waals surface area contributed by atoms with E-state index in [0.717, 1.165) is 22.5 Å². The molecule has 0 radical (unpaired) electrons. The number of hydrogen-bond acceptors (Lipinski definition) is 4. The molecule has 20 heavy (non-hydrogen) atoms. The van der Waals surface area contributed by atoms with Crippen LogP contribution in [0.25, 0.3) is 10.3 Å². The molecule has 1 unspecified atom stereocenters. The number of ether oxygens (including phenoxy) is 1. The van der Waals surface area contributed by atoms with Crippen LogP contribution in [0.5, 0.6) is 5.19 Å². The van der Waals surface area contributed by atoms with Crippen molar-refractivity contribution in [2.75, 3.05) is 31.1 Å². The minimum absolute atomic E-state index is 0.0312. The molecule has 0 aliphatic carbocycles. The summed E-state index contributed by atoms with van der Waals surface area (Å²) < 4.78 is 6.03. The van der Waals surface area contributed by atoms with E-state index in [4.69, 9.17) is 4.74 Å². The number of amides is 1. The van der Waals surface area contributed by atoms with Crippen LogP contribution < -0.4 is 10.1 Å². The molecule has 0 aromatic carbocycles.